The van der Waals surface area contributed by atoms with Gasteiger partial charge in [0.15, 0.2) is 18.1 Å². The van der Waals surface area contributed by atoms with E-state index in [2.05, 4.69) is 5.32 Å². The van der Waals surface area contributed by atoms with Crippen molar-refractivity contribution in [3.8, 4) is 11.5 Å². The molecule has 0 radical (unpaired) electrons. The third-order valence-electron chi connectivity index (χ3n) is 4.55. The van der Waals surface area contributed by atoms with Crippen molar-refractivity contribution in [3.05, 3.63) is 59.2 Å². The second-order valence-electron chi connectivity index (χ2n) is 6.44. The highest BCUT2D eigenvalue weighted by Crippen LogP contribution is 2.28. The number of esters is 1. The molecule has 0 fully saturated rings. The van der Waals surface area contributed by atoms with Crippen LogP contribution in [0.2, 0.25) is 0 Å². The Morgan fingerprint density at radius 3 is 2.57 bits per heavy atom. The number of benzene rings is 2. The van der Waals surface area contributed by atoms with Gasteiger partial charge >= 0.3 is 5.97 Å². The van der Waals surface area contributed by atoms with Gasteiger partial charge in [-0.2, -0.15) is 0 Å². The number of hydrogen-bond acceptors (Lipinski definition) is 5. The summed E-state index contributed by atoms with van der Waals surface area (Å²) in [5.41, 5.74) is 4.08. The number of carbonyl (C=O) groups excluding carboxylic acids is 2. The van der Waals surface area contributed by atoms with Crippen molar-refractivity contribution in [3.63, 3.8) is 0 Å². The molecule has 1 aliphatic carbocycles. The molecule has 0 heterocycles. The molecule has 146 valence electrons. The van der Waals surface area contributed by atoms with Crippen LogP contribution < -0.4 is 14.8 Å². The van der Waals surface area contributed by atoms with Gasteiger partial charge in [0.25, 0.3) is 5.91 Å². The summed E-state index contributed by atoms with van der Waals surface area (Å²) in [6.45, 7) is -0.341. The van der Waals surface area contributed by atoms with Crippen LogP contribution in [0.25, 0.3) is 6.08 Å². The molecule has 2 aromatic rings. The molecule has 6 nitrogen and oxygen atoms in total. The minimum atomic E-state index is -0.598. The van der Waals surface area contributed by atoms with Crippen LogP contribution in [0, 0.1) is 0 Å². The van der Waals surface area contributed by atoms with Gasteiger partial charge in [0.05, 0.1) is 14.2 Å². The van der Waals surface area contributed by atoms with Crippen molar-refractivity contribution in [1.82, 2.24) is 0 Å². The van der Waals surface area contributed by atoms with E-state index < -0.39 is 5.97 Å². The van der Waals surface area contributed by atoms with E-state index >= 15 is 0 Å². The molecule has 3 rings (SSSR count). The molecule has 1 amide bonds. The lowest BCUT2D eigenvalue weighted by atomic mass is 10.1. The highest BCUT2D eigenvalue weighted by atomic mass is 16.5. The summed E-state index contributed by atoms with van der Waals surface area (Å²) in [6, 6.07) is 11.2. The smallest absolute Gasteiger partial charge is 0.331 e. The number of fused-ring (bicyclic) bond motifs is 1. The molecule has 0 spiro atoms. The van der Waals surface area contributed by atoms with Crippen molar-refractivity contribution >= 4 is 23.6 Å². The Kier molecular flexibility index (Phi) is 6.32. The average Bonchev–Trinajstić information content (AvgIpc) is 3.18. The molecule has 28 heavy (non-hydrogen) atoms. The molecular formula is C22H23NO5. The fraction of sp³-hybridized carbons (Fsp3) is 0.273. The summed E-state index contributed by atoms with van der Waals surface area (Å²) in [4.78, 5) is 23.9. The minimum absolute atomic E-state index is 0.341. The topological polar surface area (TPSA) is 73.9 Å². The Labute approximate surface area is 164 Å². The number of amides is 1. The van der Waals surface area contributed by atoms with E-state index in [1.807, 2.05) is 18.2 Å². The normalized spacial score (nSPS) is 12.5. The SMILES string of the molecule is COc1ccc(C=CC(=O)OCC(=O)Nc2ccc3c(c2)CCC3)cc1OC. The Morgan fingerprint density at radius 2 is 1.79 bits per heavy atom. The predicted molar refractivity (Wildman–Crippen MR) is 107 cm³/mol. The molecule has 0 saturated carbocycles. The van der Waals surface area contributed by atoms with Crippen molar-refractivity contribution in [2.75, 3.05) is 26.1 Å². The van der Waals surface area contributed by atoms with E-state index in [4.69, 9.17) is 14.2 Å². The largest absolute Gasteiger partial charge is 0.493 e. The lowest BCUT2D eigenvalue weighted by Crippen LogP contribution is -2.20. The Morgan fingerprint density at radius 1 is 1.00 bits per heavy atom. The molecule has 0 unspecified atom stereocenters. The fourth-order valence-electron chi connectivity index (χ4n) is 3.15. The highest BCUT2D eigenvalue weighted by Gasteiger charge is 2.12. The van der Waals surface area contributed by atoms with E-state index in [0.717, 1.165) is 30.5 Å². The zero-order valence-electron chi connectivity index (χ0n) is 16.0. The number of ether oxygens (including phenoxy) is 3. The summed E-state index contributed by atoms with van der Waals surface area (Å²) < 4.78 is 15.4. The lowest BCUT2D eigenvalue weighted by molar-refractivity contribution is -0.142. The maximum absolute atomic E-state index is 12.0. The summed E-state index contributed by atoms with van der Waals surface area (Å²) in [5.74, 6) is 0.196. The second-order valence-corrected chi connectivity index (χ2v) is 6.44. The first-order valence-electron chi connectivity index (χ1n) is 9.07. The first kappa shape index (κ1) is 19.5. The van der Waals surface area contributed by atoms with Gasteiger partial charge in [-0.25, -0.2) is 4.79 Å². The van der Waals surface area contributed by atoms with Crippen molar-refractivity contribution < 1.29 is 23.8 Å². The number of methoxy groups -OCH3 is 2. The lowest BCUT2D eigenvalue weighted by Gasteiger charge is -2.08. The van der Waals surface area contributed by atoms with Crippen LogP contribution in [-0.4, -0.2) is 32.7 Å². The van der Waals surface area contributed by atoms with Crippen molar-refractivity contribution in [1.29, 1.82) is 0 Å². The molecule has 6 heteroatoms. The van der Waals surface area contributed by atoms with Gasteiger partial charge in [-0.15, -0.1) is 0 Å². The summed E-state index contributed by atoms with van der Waals surface area (Å²) in [5, 5.41) is 2.76. The Hall–Kier alpha value is -3.28. The van der Waals surface area contributed by atoms with E-state index in [1.54, 1.807) is 38.5 Å². The molecule has 2 aromatic carbocycles. The van der Waals surface area contributed by atoms with E-state index in [0.29, 0.717) is 11.5 Å². The zero-order valence-corrected chi connectivity index (χ0v) is 16.0. The van der Waals surface area contributed by atoms with E-state index in [9.17, 15) is 9.59 Å². The number of anilines is 1. The Bertz CT molecular complexity index is 904. The summed E-state index contributed by atoms with van der Waals surface area (Å²) in [6.07, 6.45) is 6.13. The molecular weight excluding hydrogens is 358 g/mol. The molecule has 0 bridgehead atoms. The number of nitrogens with one attached hydrogen (secondary N) is 1. The van der Waals surface area contributed by atoms with Crippen LogP contribution in [0.4, 0.5) is 5.69 Å². The number of carbonyl (C=O) groups is 2. The third kappa shape index (κ3) is 4.91. The van der Waals surface area contributed by atoms with Crippen LogP contribution in [-0.2, 0) is 27.2 Å². The first-order valence-corrected chi connectivity index (χ1v) is 9.07. The molecule has 0 atom stereocenters. The van der Waals surface area contributed by atoms with Crippen molar-refractivity contribution in [2.45, 2.75) is 19.3 Å². The monoisotopic (exact) mass is 381 g/mol. The number of rotatable bonds is 7. The third-order valence-corrected chi connectivity index (χ3v) is 4.55. The molecule has 0 saturated heterocycles. The van der Waals surface area contributed by atoms with Gasteiger partial charge in [0.1, 0.15) is 0 Å². The minimum Gasteiger partial charge on any atom is -0.493 e. The molecule has 0 aromatic heterocycles. The van der Waals surface area contributed by atoms with Crippen LogP contribution in [0.15, 0.2) is 42.5 Å². The zero-order chi connectivity index (χ0) is 19.9. The maximum Gasteiger partial charge on any atom is 0.331 e. The number of hydrogen-bond donors (Lipinski definition) is 1. The van der Waals surface area contributed by atoms with Crippen LogP contribution in [0.5, 0.6) is 11.5 Å². The molecule has 0 aliphatic heterocycles. The van der Waals surface area contributed by atoms with Gasteiger partial charge in [0.2, 0.25) is 0 Å². The molecule has 1 N–H and O–H groups in total. The predicted octanol–water partition coefficient (Wildman–Crippen LogP) is 3.39. The summed E-state index contributed by atoms with van der Waals surface area (Å²) in [7, 11) is 3.10. The van der Waals surface area contributed by atoms with Crippen molar-refractivity contribution in [2.24, 2.45) is 0 Å². The van der Waals surface area contributed by atoms with Gasteiger partial charge in [-0.05, 0) is 66.3 Å². The number of aryl methyl sites for hydroxylation is 2. The summed E-state index contributed by atoms with van der Waals surface area (Å²) >= 11 is 0. The van der Waals surface area contributed by atoms with Gasteiger partial charge in [-0.1, -0.05) is 12.1 Å². The highest BCUT2D eigenvalue weighted by molar-refractivity contribution is 5.94. The van der Waals surface area contributed by atoms with Crippen LogP contribution in [0.3, 0.4) is 0 Å². The van der Waals surface area contributed by atoms with E-state index in [1.165, 1.54) is 17.2 Å². The second kappa shape index (κ2) is 9.08. The quantitative estimate of drug-likeness (QED) is 0.588. The Balaban J connectivity index is 1.49. The average molecular weight is 381 g/mol. The van der Waals surface area contributed by atoms with E-state index in [-0.39, 0.29) is 12.5 Å². The van der Waals surface area contributed by atoms with Gasteiger partial charge in [0, 0.05) is 11.8 Å². The molecule has 1 aliphatic rings. The van der Waals surface area contributed by atoms with Gasteiger partial charge < -0.3 is 19.5 Å². The maximum atomic E-state index is 12.0. The van der Waals surface area contributed by atoms with Crippen LogP contribution >= 0.6 is 0 Å². The standard InChI is InChI=1S/C22H23NO5/c1-26-19-10-6-15(12-20(19)27-2)7-11-22(25)28-14-21(24)23-18-9-8-16-4-3-5-17(16)13-18/h6-13H,3-5,14H2,1-2H3,(H,23,24). The fourth-order valence-corrected chi connectivity index (χ4v) is 3.15. The first-order chi connectivity index (χ1) is 13.6. The van der Waals surface area contributed by atoms with Gasteiger partial charge in [-0.3, -0.25) is 4.79 Å². The van der Waals surface area contributed by atoms with Crippen LogP contribution in [0.1, 0.15) is 23.1 Å².